The fourth-order valence-electron chi connectivity index (χ4n) is 3.85. The van der Waals surface area contributed by atoms with Gasteiger partial charge in [0.05, 0.1) is 18.7 Å². The molecule has 7 nitrogen and oxygen atoms in total. The molecule has 0 aliphatic heterocycles. The third-order valence-electron chi connectivity index (χ3n) is 5.86. The Balaban J connectivity index is 1.47. The Bertz CT molecular complexity index is 1600. The predicted octanol–water partition coefficient (Wildman–Crippen LogP) is 7.82. The van der Waals surface area contributed by atoms with Crippen LogP contribution in [0, 0.1) is 11.3 Å². The van der Waals surface area contributed by atoms with Crippen LogP contribution in [-0.4, -0.2) is 20.1 Å². The van der Waals surface area contributed by atoms with E-state index < -0.39 is 5.91 Å². The lowest BCUT2D eigenvalue weighted by Gasteiger charge is -2.15. The minimum absolute atomic E-state index is 0.0886. The molecule has 1 amide bonds. The third kappa shape index (κ3) is 8.04. The van der Waals surface area contributed by atoms with Crippen LogP contribution in [0.25, 0.3) is 6.08 Å². The smallest absolute Gasteiger partial charge is 0.266 e. The Labute approximate surface area is 252 Å². The van der Waals surface area contributed by atoms with Gasteiger partial charge in [0.2, 0.25) is 0 Å². The molecule has 0 heterocycles. The molecule has 41 heavy (non-hydrogen) atoms. The summed E-state index contributed by atoms with van der Waals surface area (Å²) in [6.45, 7) is 0.652. The zero-order valence-electron chi connectivity index (χ0n) is 22.3. The molecule has 0 saturated carbocycles. The van der Waals surface area contributed by atoms with Crippen LogP contribution in [0.15, 0.2) is 95.0 Å². The molecular formula is C32H26BrClN2O5. The third-order valence-corrected chi connectivity index (χ3v) is 6.68. The van der Waals surface area contributed by atoms with Crippen LogP contribution >= 0.6 is 27.5 Å². The normalized spacial score (nSPS) is 10.9. The van der Waals surface area contributed by atoms with E-state index in [0.29, 0.717) is 50.4 Å². The van der Waals surface area contributed by atoms with Crippen LogP contribution in [0.1, 0.15) is 16.7 Å². The first kappa shape index (κ1) is 29.5. The Morgan fingerprint density at radius 1 is 0.878 bits per heavy atom. The van der Waals surface area contributed by atoms with Gasteiger partial charge in [-0.2, -0.15) is 5.26 Å². The van der Waals surface area contributed by atoms with Gasteiger partial charge < -0.3 is 24.3 Å². The first-order chi connectivity index (χ1) is 19.9. The molecular weight excluding hydrogens is 608 g/mol. The van der Waals surface area contributed by atoms with Gasteiger partial charge in [-0.3, -0.25) is 4.79 Å². The van der Waals surface area contributed by atoms with Crippen LogP contribution in [0.4, 0.5) is 5.69 Å². The van der Waals surface area contributed by atoms with Crippen molar-refractivity contribution < 1.29 is 23.7 Å². The van der Waals surface area contributed by atoms with Gasteiger partial charge in [-0.1, -0.05) is 54.1 Å². The Morgan fingerprint density at radius 3 is 2.34 bits per heavy atom. The average molecular weight is 634 g/mol. The maximum Gasteiger partial charge on any atom is 0.266 e. The molecule has 0 aliphatic carbocycles. The van der Waals surface area contributed by atoms with E-state index in [1.54, 1.807) is 43.5 Å². The van der Waals surface area contributed by atoms with Crippen LogP contribution < -0.4 is 24.3 Å². The summed E-state index contributed by atoms with van der Waals surface area (Å²) in [5.41, 5.74) is 2.88. The molecule has 1 N–H and O–H groups in total. The van der Waals surface area contributed by atoms with Gasteiger partial charge in [0.15, 0.2) is 23.0 Å². The summed E-state index contributed by atoms with van der Waals surface area (Å²) >= 11 is 9.51. The largest absolute Gasteiger partial charge is 0.493 e. The van der Waals surface area contributed by atoms with Crippen molar-refractivity contribution in [2.75, 3.05) is 19.5 Å². The number of amides is 1. The summed E-state index contributed by atoms with van der Waals surface area (Å²) in [5, 5.41) is 12.8. The number of nitrogens with zero attached hydrogens (tertiary/aromatic N) is 1. The number of nitrogens with one attached hydrogen (secondary N) is 1. The standard InChI is InChI=1S/C32H26BrClN2O5/c1-38-29-15-22(11-12-28(29)40-19-21-7-4-3-5-8-21)20-41-31-27(33)14-23(16-30(31)39-2)13-24(18-35)32(37)36-26-10-6-9-25(34)17-26/h3-17H,19-20H2,1-2H3,(H,36,37)/b24-13-. The van der Waals surface area contributed by atoms with Crippen molar-refractivity contribution in [3.63, 3.8) is 0 Å². The molecule has 0 radical (unpaired) electrons. The van der Waals surface area contributed by atoms with Gasteiger partial charge in [-0.25, -0.2) is 0 Å². The molecule has 0 atom stereocenters. The highest BCUT2D eigenvalue weighted by Gasteiger charge is 2.15. The lowest BCUT2D eigenvalue weighted by atomic mass is 10.1. The van der Waals surface area contributed by atoms with E-state index >= 15 is 0 Å². The number of hydrogen-bond donors (Lipinski definition) is 1. The molecule has 4 aromatic rings. The molecule has 208 valence electrons. The fraction of sp³-hybridized carbons (Fsp3) is 0.125. The molecule has 4 rings (SSSR count). The van der Waals surface area contributed by atoms with Gasteiger partial charge >= 0.3 is 0 Å². The van der Waals surface area contributed by atoms with Gasteiger partial charge in [-0.15, -0.1) is 0 Å². The summed E-state index contributed by atoms with van der Waals surface area (Å²) in [6, 6.07) is 27.5. The fourth-order valence-corrected chi connectivity index (χ4v) is 4.62. The first-order valence-corrected chi connectivity index (χ1v) is 13.6. The van der Waals surface area contributed by atoms with E-state index in [9.17, 15) is 10.1 Å². The molecule has 0 bridgehead atoms. The quantitative estimate of drug-likeness (QED) is 0.134. The summed E-state index contributed by atoms with van der Waals surface area (Å²) in [4.78, 5) is 12.7. The van der Waals surface area contributed by atoms with Crippen molar-refractivity contribution in [2.45, 2.75) is 13.2 Å². The van der Waals surface area contributed by atoms with Gasteiger partial charge in [0.1, 0.15) is 24.9 Å². The van der Waals surface area contributed by atoms with E-state index in [-0.39, 0.29) is 12.2 Å². The number of rotatable bonds is 11. The van der Waals surface area contributed by atoms with Crippen LogP contribution in [0.5, 0.6) is 23.0 Å². The molecule has 0 aromatic heterocycles. The average Bonchev–Trinajstić information content (AvgIpc) is 2.98. The number of carbonyl (C=O) groups is 1. The maximum absolute atomic E-state index is 12.7. The number of methoxy groups -OCH3 is 2. The zero-order chi connectivity index (χ0) is 29.2. The summed E-state index contributed by atoms with van der Waals surface area (Å²) in [7, 11) is 3.10. The van der Waals surface area contributed by atoms with Gasteiger partial charge in [0.25, 0.3) is 5.91 Å². The topological polar surface area (TPSA) is 89.8 Å². The lowest BCUT2D eigenvalue weighted by molar-refractivity contribution is -0.112. The molecule has 4 aromatic carbocycles. The number of anilines is 1. The van der Waals surface area contributed by atoms with Crippen LogP contribution in [0.3, 0.4) is 0 Å². The lowest BCUT2D eigenvalue weighted by Crippen LogP contribution is -2.13. The highest BCUT2D eigenvalue weighted by atomic mass is 79.9. The van der Waals surface area contributed by atoms with E-state index in [0.717, 1.165) is 11.1 Å². The molecule has 0 fully saturated rings. The van der Waals surface area contributed by atoms with Crippen molar-refractivity contribution in [3.8, 4) is 29.1 Å². The van der Waals surface area contributed by atoms with Crippen LogP contribution in [0.2, 0.25) is 5.02 Å². The second-order valence-corrected chi connectivity index (χ2v) is 10.0. The van der Waals surface area contributed by atoms with Crippen LogP contribution in [-0.2, 0) is 18.0 Å². The molecule has 0 spiro atoms. The number of benzene rings is 4. The second-order valence-electron chi connectivity index (χ2n) is 8.72. The van der Waals surface area contributed by atoms with Gasteiger partial charge in [0, 0.05) is 10.7 Å². The van der Waals surface area contributed by atoms with Crippen molar-refractivity contribution in [1.29, 1.82) is 5.26 Å². The second kappa shape index (κ2) is 14.3. The Morgan fingerprint density at radius 2 is 1.63 bits per heavy atom. The van der Waals surface area contributed by atoms with E-state index in [4.69, 9.17) is 30.5 Å². The highest BCUT2D eigenvalue weighted by Crippen LogP contribution is 2.38. The van der Waals surface area contributed by atoms with Gasteiger partial charge in [-0.05, 0) is 81.2 Å². The summed E-state index contributed by atoms with van der Waals surface area (Å²) < 4.78 is 23.7. The molecule has 0 aliphatic rings. The number of hydrogen-bond acceptors (Lipinski definition) is 6. The van der Waals surface area contributed by atoms with Crippen molar-refractivity contribution in [2.24, 2.45) is 0 Å². The maximum atomic E-state index is 12.7. The monoisotopic (exact) mass is 632 g/mol. The number of ether oxygens (including phenoxy) is 4. The summed E-state index contributed by atoms with van der Waals surface area (Å²) in [6.07, 6.45) is 1.47. The minimum atomic E-state index is -0.560. The summed E-state index contributed by atoms with van der Waals surface area (Å²) in [5.74, 6) is 1.55. The highest BCUT2D eigenvalue weighted by molar-refractivity contribution is 9.10. The number of carbonyl (C=O) groups excluding carboxylic acids is 1. The van der Waals surface area contributed by atoms with Crippen molar-refractivity contribution >= 4 is 45.2 Å². The van der Waals surface area contributed by atoms with E-state index in [1.807, 2.05) is 54.6 Å². The Kier molecular flexibility index (Phi) is 10.3. The number of nitriles is 1. The van der Waals surface area contributed by atoms with Crippen molar-refractivity contribution in [1.82, 2.24) is 0 Å². The first-order valence-electron chi connectivity index (χ1n) is 12.4. The van der Waals surface area contributed by atoms with E-state index in [1.165, 1.54) is 13.2 Å². The minimum Gasteiger partial charge on any atom is -0.493 e. The Hall–Kier alpha value is -4.45. The zero-order valence-corrected chi connectivity index (χ0v) is 24.7. The molecule has 9 heteroatoms. The predicted molar refractivity (Wildman–Crippen MR) is 162 cm³/mol. The SMILES string of the molecule is COc1cc(COc2c(Br)cc(/C=C(/C#N)C(=O)Nc3cccc(Cl)c3)cc2OC)ccc1OCc1ccccc1. The number of halogens is 2. The van der Waals surface area contributed by atoms with E-state index in [2.05, 4.69) is 21.2 Å². The van der Waals surface area contributed by atoms with Crippen molar-refractivity contribution in [3.05, 3.63) is 117 Å². The molecule has 0 saturated heterocycles. The molecule has 0 unspecified atom stereocenters.